The number of nitrogens with one attached hydrogen (secondary N) is 2. The molecule has 0 saturated heterocycles. The Morgan fingerprint density at radius 2 is 1.16 bits per heavy atom. The predicted octanol–water partition coefficient (Wildman–Crippen LogP) is 11.2. The third-order valence-corrected chi connectivity index (χ3v) is 8.62. The largest absolute Gasteiger partial charge is 0.302 e. The van der Waals surface area contributed by atoms with Gasteiger partial charge in [-0.25, -0.2) is 9.97 Å². The number of thiazole rings is 2. The van der Waals surface area contributed by atoms with Crippen LogP contribution in [-0.2, 0) is 26.8 Å². The number of rotatable bonds is 6. The van der Waals surface area contributed by atoms with Crippen molar-refractivity contribution in [2.24, 2.45) is 0 Å². The Morgan fingerprint density at radius 1 is 0.689 bits per heavy atom. The Labute approximate surface area is 284 Å². The van der Waals surface area contributed by atoms with Crippen molar-refractivity contribution in [3.8, 4) is 0 Å². The zero-order chi connectivity index (χ0) is 33.5. The molecular formula is C36H52N4O2S3. The summed E-state index contributed by atoms with van der Waals surface area (Å²) >= 11 is 4.64. The van der Waals surface area contributed by atoms with Crippen LogP contribution in [0.15, 0.2) is 76.8 Å². The van der Waals surface area contributed by atoms with E-state index < -0.39 is 0 Å². The smallest absolute Gasteiger partial charge is 0.230 e. The highest BCUT2D eigenvalue weighted by molar-refractivity contribution is 7.17. The van der Waals surface area contributed by atoms with Crippen LogP contribution in [0, 0.1) is 0 Å². The molecule has 2 aromatic carbocycles. The highest BCUT2D eigenvalue weighted by Gasteiger charge is 2.19. The molecule has 5 aromatic rings. The number of nitrogens with zero attached hydrogens (tertiary/aromatic N) is 2. The highest BCUT2D eigenvalue weighted by atomic mass is 32.1. The van der Waals surface area contributed by atoms with Gasteiger partial charge in [-0.3, -0.25) is 9.59 Å². The van der Waals surface area contributed by atoms with Crippen molar-refractivity contribution in [1.29, 1.82) is 0 Å². The first-order chi connectivity index (χ1) is 21.4. The SMILES string of the molecule is CC.CC(C)(C)c1csc(NC(=O)Cc2csc3ccccc23)n1.CCCC(=O)Nc1nc(C(C)(C)C)cs1.[HH].[HH].c1ccccc1. The van der Waals surface area contributed by atoms with Crippen LogP contribution in [-0.4, -0.2) is 21.8 Å². The van der Waals surface area contributed by atoms with E-state index in [0.717, 1.165) is 28.8 Å². The fourth-order valence-corrected chi connectivity index (χ4v) is 6.52. The van der Waals surface area contributed by atoms with E-state index in [1.165, 1.54) is 27.4 Å². The Bertz CT molecular complexity index is 1560. The molecule has 45 heavy (non-hydrogen) atoms. The topological polar surface area (TPSA) is 84.0 Å². The number of aromatic nitrogens is 2. The van der Waals surface area contributed by atoms with Gasteiger partial charge in [-0.15, -0.1) is 34.0 Å². The molecule has 0 aliphatic heterocycles. The average Bonchev–Trinajstić information content (AvgIpc) is 3.77. The summed E-state index contributed by atoms with van der Waals surface area (Å²) in [5.41, 5.74) is 3.16. The fraction of sp³-hybridized carbons (Fsp3) is 0.389. The minimum atomic E-state index is -0.0154. The predicted molar refractivity (Wildman–Crippen MR) is 201 cm³/mol. The first-order valence-corrected chi connectivity index (χ1v) is 18.0. The van der Waals surface area contributed by atoms with Gasteiger partial charge in [0, 0.05) is 35.6 Å². The van der Waals surface area contributed by atoms with Gasteiger partial charge in [0.05, 0.1) is 17.8 Å². The number of anilines is 2. The third-order valence-electron chi connectivity index (χ3n) is 6.09. The number of hydrogen-bond donors (Lipinski definition) is 2. The van der Waals surface area contributed by atoms with E-state index in [0.29, 0.717) is 23.1 Å². The second-order valence-electron chi connectivity index (χ2n) is 12.0. The van der Waals surface area contributed by atoms with Crippen molar-refractivity contribution in [2.45, 2.75) is 92.4 Å². The van der Waals surface area contributed by atoms with E-state index in [1.54, 1.807) is 11.3 Å². The summed E-state index contributed by atoms with van der Waals surface area (Å²) in [7, 11) is 0. The van der Waals surface area contributed by atoms with Gasteiger partial charge in [-0.1, -0.05) is 117 Å². The van der Waals surface area contributed by atoms with Gasteiger partial charge >= 0.3 is 0 Å². The van der Waals surface area contributed by atoms with Crippen LogP contribution < -0.4 is 10.6 Å². The molecule has 3 heterocycles. The van der Waals surface area contributed by atoms with E-state index in [4.69, 9.17) is 0 Å². The molecule has 0 aliphatic rings. The number of thiophene rings is 1. The number of carbonyl (C=O) groups excluding carboxylic acids is 2. The summed E-state index contributed by atoms with van der Waals surface area (Å²) in [6, 6.07) is 20.2. The molecule has 2 N–H and O–H groups in total. The van der Waals surface area contributed by atoms with Crippen molar-refractivity contribution in [1.82, 2.24) is 9.97 Å². The Balaban J connectivity index is 0.000000735. The summed E-state index contributed by atoms with van der Waals surface area (Å²) in [5, 5.41) is 14.3. The molecule has 9 heteroatoms. The molecule has 0 radical (unpaired) electrons. The monoisotopic (exact) mass is 668 g/mol. The third kappa shape index (κ3) is 13.2. The molecule has 0 atom stereocenters. The zero-order valence-electron chi connectivity index (χ0n) is 28.1. The van der Waals surface area contributed by atoms with Crippen LogP contribution in [0.2, 0.25) is 0 Å². The maximum absolute atomic E-state index is 12.2. The molecule has 2 amide bonds. The molecule has 0 saturated carbocycles. The fourth-order valence-electron chi connectivity index (χ4n) is 3.65. The van der Waals surface area contributed by atoms with Gasteiger partial charge in [-0.05, 0) is 28.8 Å². The van der Waals surface area contributed by atoms with E-state index in [9.17, 15) is 9.59 Å². The first-order valence-electron chi connectivity index (χ1n) is 15.3. The first kappa shape index (κ1) is 37.8. The second kappa shape index (κ2) is 18.5. The van der Waals surface area contributed by atoms with Gasteiger partial charge in [0.25, 0.3) is 0 Å². The van der Waals surface area contributed by atoms with Gasteiger partial charge < -0.3 is 10.6 Å². The van der Waals surface area contributed by atoms with Crippen molar-refractivity contribution in [3.05, 3.63) is 93.8 Å². The summed E-state index contributed by atoms with van der Waals surface area (Å²) in [5.74, 6) is 0.0330. The van der Waals surface area contributed by atoms with Crippen LogP contribution >= 0.6 is 34.0 Å². The molecule has 0 unspecified atom stereocenters. The summed E-state index contributed by atoms with van der Waals surface area (Å²) in [6.07, 6.45) is 1.81. The molecule has 0 bridgehead atoms. The van der Waals surface area contributed by atoms with Crippen molar-refractivity contribution >= 4 is 66.2 Å². The second-order valence-corrected chi connectivity index (χ2v) is 14.6. The standard InChI is InChI=1S/C17H18N2OS2.C11H18N2OS.C6H6.C2H6.2H2/c1-17(2,3)14-10-22-16(18-14)19-15(20)8-11-9-21-13-7-5-4-6-12(11)13;1-5-6-9(14)13-10-12-8(7-15-10)11(2,3)4;1-2-4-6-5-3-1;1-2;;/h4-7,9-10H,8H2,1-3H3,(H,18,19,20);7H,5-6H2,1-4H3,(H,12,13,14);1-6H;1-2H3;2*1H. The Hall–Kier alpha value is -3.40. The summed E-state index contributed by atoms with van der Waals surface area (Å²) in [6.45, 7) is 18.7. The van der Waals surface area contributed by atoms with E-state index in [2.05, 4.69) is 79.7 Å². The number of hydrogen-bond acceptors (Lipinski definition) is 7. The molecule has 0 spiro atoms. The molecule has 246 valence electrons. The molecule has 5 rings (SSSR count). The summed E-state index contributed by atoms with van der Waals surface area (Å²) in [4.78, 5) is 32.5. The van der Waals surface area contributed by atoms with Gasteiger partial charge in [-0.2, -0.15) is 0 Å². The zero-order valence-corrected chi connectivity index (χ0v) is 30.5. The number of benzene rings is 2. The molecule has 3 aromatic heterocycles. The lowest BCUT2D eigenvalue weighted by Crippen LogP contribution is -2.15. The van der Waals surface area contributed by atoms with Crippen molar-refractivity contribution < 1.29 is 12.4 Å². The number of amides is 2. The van der Waals surface area contributed by atoms with Gasteiger partial charge in [0.2, 0.25) is 11.8 Å². The van der Waals surface area contributed by atoms with Crippen LogP contribution in [0.4, 0.5) is 10.3 Å². The van der Waals surface area contributed by atoms with E-state index in [-0.39, 0.29) is 25.5 Å². The Kier molecular flexibility index (Phi) is 15.6. The molecule has 0 aliphatic carbocycles. The minimum absolute atomic E-state index is 0. The number of carbonyl (C=O) groups is 2. The lowest BCUT2D eigenvalue weighted by molar-refractivity contribution is -0.116. The van der Waals surface area contributed by atoms with Gasteiger partial charge in [0.1, 0.15) is 0 Å². The normalized spacial score (nSPS) is 10.8. The minimum Gasteiger partial charge on any atom is -0.302 e. The average molecular weight is 669 g/mol. The van der Waals surface area contributed by atoms with Crippen molar-refractivity contribution in [2.75, 3.05) is 10.6 Å². The van der Waals surface area contributed by atoms with E-state index >= 15 is 0 Å². The molecule has 6 nitrogen and oxygen atoms in total. The van der Waals surface area contributed by atoms with Crippen LogP contribution in [0.3, 0.4) is 0 Å². The molecular weight excluding hydrogens is 617 g/mol. The van der Waals surface area contributed by atoms with Crippen LogP contribution in [0.1, 0.15) is 95.0 Å². The summed E-state index contributed by atoms with van der Waals surface area (Å²) < 4.78 is 1.22. The maximum Gasteiger partial charge on any atom is 0.230 e. The van der Waals surface area contributed by atoms with E-state index in [1.807, 2.05) is 80.1 Å². The van der Waals surface area contributed by atoms with Crippen LogP contribution in [0.25, 0.3) is 10.1 Å². The highest BCUT2D eigenvalue weighted by Crippen LogP contribution is 2.29. The van der Waals surface area contributed by atoms with Crippen molar-refractivity contribution in [3.63, 3.8) is 0 Å². The van der Waals surface area contributed by atoms with Gasteiger partial charge in [0.15, 0.2) is 10.3 Å². The number of fused-ring (bicyclic) bond motifs is 1. The quantitative estimate of drug-likeness (QED) is 0.189. The maximum atomic E-state index is 12.2. The van der Waals surface area contributed by atoms with Crippen LogP contribution in [0.5, 0.6) is 0 Å². The Morgan fingerprint density at radius 3 is 1.60 bits per heavy atom. The lowest BCUT2D eigenvalue weighted by atomic mass is 9.93. The molecule has 0 fully saturated rings. The lowest BCUT2D eigenvalue weighted by Gasteiger charge is -2.14.